The monoisotopic (exact) mass is 146 g/mol. The fraction of sp³-hybridized carbons (Fsp3) is 0.222. The van der Waals surface area contributed by atoms with Gasteiger partial charge in [-0.15, -0.1) is 0 Å². The van der Waals surface area contributed by atoms with Crippen LogP contribution in [-0.2, 0) is 6.42 Å². The molecule has 0 aliphatic heterocycles. The van der Waals surface area contributed by atoms with E-state index in [-0.39, 0.29) is 0 Å². The fourth-order valence-electron chi connectivity index (χ4n) is 1.09. The summed E-state index contributed by atoms with van der Waals surface area (Å²) >= 11 is 0. The van der Waals surface area contributed by atoms with Crippen molar-refractivity contribution in [2.75, 3.05) is 5.73 Å². The van der Waals surface area contributed by atoms with Crippen LogP contribution in [0.2, 0.25) is 0 Å². The lowest BCUT2D eigenvalue weighted by Crippen LogP contribution is -1.89. The van der Waals surface area contributed by atoms with Gasteiger partial charge in [-0.1, -0.05) is 6.07 Å². The Kier molecular flexibility index (Phi) is 2.12. The van der Waals surface area contributed by atoms with Crippen molar-refractivity contribution < 1.29 is 0 Å². The van der Waals surface area contributed by atoms with Gasteiger partial charge >= 0.3 is 0 Å². The zero-order valence-corrected chi connectivity index (χ0v) is 6.46. The number of nitrogens with zero attached hydrogens (tertiary/aromatic N) is 1. The van der Waals surface area contributed by atoms with Gasteiger partial charge < -0.3 is 5.73 Å². The summed E-state index contributed by atoms with van der Waals surface area (Å²) in [5.74, 6) is 0. The van der Waals surface area contributed by atoms with Crippen LogP contribution in [0.25, 0.3) is 0 Å². The number of rotatable bonds is 1. The van der Waals surface area contributed by atoms with E-state index >= 15 is 0 Å². The summed E-state index contributed by atoms with van der Waals surface area (Å²) in [5.41, 5.74) is 8.41. The largest absolute Gasteiger partial charge is 0.399 e. The summed E-state index contributed by atoms with van der Waals surface area (Å²) in [7, 11) is 0. The van der Waals surface area contributed by atoms with Crippen molar-refractivity contribution in [2.45, 2.75) is 13.3 Å². The van der Waals surface area contributed by atoms with Crippen molar-refractivity contribution in [1.29, 1.82) is 5.26 Å². The lowest BCUT2D eigenvalue weighted by molar-refractivity contribution is 1.25. The highest BCUT2D eigenvalue weighted by molar-refractivity contribution is 5.44. The maximum absolute atomic E-state index is 8.41. The zero-order chi connectivity index (χ0) is 8.27. The Hall–Kier alpha value is -1.49. The molecule has 0 fully saturated rings. The quantitative estimate of drug-likeness (QED) is 0.612. The van der Waals surface area contributed by atoms with Gasteiger partial charge in [-0.05, 0) is 30.2 Å². The molecule has 0 aliphatic carbocycles. The fourth-order valence-corrected chi connectivity index (χ4v) is 1.09. The topological polar surface area (TPSA) is 49.8 Å². The maximum atomic E-state index is 8.41. The van der Waals surface area contributed by atoms with Crippen LogP contribution in [-0.4, -0.2) is 0 Å². The first kappa shape index (κ1) is 7.62. The predicted octanol–water partition coefficient (Wildman–Crippen LogP) is 1.64. The highest BCUT2D eigenvalue weighted by atomic mass is 14.5. The maximum Gasteiger partial charge on any atom is 0.0669 e. The summed E-state index contributed by atoms with van der Waals surface area (Å²) in [6.07, 6.45) is 0.436. The normalized spacial score (nSPS) is 9.09. The van der Waals surface area contributed by atoms with E-state index in [1.165, 1.54) is 0 Å². The van der Waals surface area contributed by atoms with E-state index in [1.807, 2.05) is 25.1 Å². The summed E-state index contributed by atoms with van der Waals surface area (Å²) in [5, 5.41) is 8.41. The van der Waals surface area contributed by atoms with E-state index in [1.54, 1.807) is 0 Å². The first-order valence-electron chi connectivity index (χ1n) is 3.45. The second-order valence-electron chi connectivity index (χ2n) is 2.59. The van der Waals surface area contributed by atoms with Crippen LogP contribution in [0.3, 0.4) is 0 Å². The van der Waals surface area contributed by atoms with Crippen molar-refractivity contribution in [2.24, 2.45) is 0 Å². The molecule has 2 N–H and O–H groups in total. The van der Waals surface area contributed by atoms with Crippen molar-refractivity contribution in [1.82, 2.24) is 0 Å². The second-order valence-corrected chi connectivity index (χ2v) is 2.59. The molecule has 56 valence electrons. The van der Waals surface area contributed by atoms with Gasteiger partial charge in [0.05, 0.1) is 12.5 Å². The average Bonchev–Trinajstić information content (AvgIpc) is 1.85. The van der Waals surface area contributed by atoms with Crippen LogP contribution in [0.15, 0.2) is 18.2 Å². The van der Waals surface area contributed by atoms with Gasteiger partial charge in [-0.25, -0.2) is 0 Å². The van der Waals surface area contributed by atoms with Crippen molar-refractivity contribution in [3.8, 4) is 6.07 Å². The molecule has 0 atom stereocenters. The molecular formula is C9H10N2. The molecule has 2 nitrogen and oxygen atoms in total. The molecule has 0 aliphatic rings. The Labute approximate surface area is 66.3 Å². The standard InChI is InChI=1S/C9H10N2/c1-7-4-8(2-3-10)6-9(11)5-7/h4-6H,2,11H2,1H3. The lowest BCUT2D eigenvalue weighted by atomic mass is 10.1. The molecule has 2 heteroatoms. The molecule has 0 heterocycles. The molecule has 0 aromatic heterocycles. The van der Waals surface area contributed by atoms with Gasteiger partial charge in [-0.2, -0.15) is 5.26 Å². The minimum Gasteiger partial charge on any atom is -0.399 e. The third-order valence-electron chi connectivity index (χ3n) is 1.44. The van der Waals surface area contributed by atoms with Gasteiger partial charge in [-0.3, -0.25) is 0 Å². The van der Waals surface area contributed by atoms with Gasteiger partial charge in [0.1, 0.15) is 0 Å². The van der Waals surface area contributed by atoms with E-state index in [0.717, 1.165) is 16.8 Å². The molecule has 0 unspecified atom stereocenters. The molecule has 0 spiro atoms. The van der Waals surface area contributed by atoms with Crippen molar-refractivity contribution in [3.05, 3.63) is 29.3 Å². The number of nitrogen functional groups attached to an aromatic ring is 1. The van der Waals surface area contributed by atoms with Crippen LogP contribution >= 0.6 is 0 Å². The molecule has 11 heavy (non-hydrogen) atoms. The highest BCUT2D eigenvalue weighted by Gasteiger charge is 1.94. The number of anilines is 1. The highest BCUT2D eigenvalue weighted by Crippen LogP contribution is 2.10. The third kappa shape index (κ3) is 1.98. The van der Waals surface area contributed by atoms with E-state index in [4.69, 9.17) is 11.0 Å². The first-order valence-corrected chi connectivity index (χ1v) is 3.45. The van der Waals surface area contributed by atoms with E-state index in [9.17, 15) is 0 Å². The van der Waals surface area contributed by atoms with Crippen LogP contribution < -0.4 is 5.73 Å². The minimum atomic E-state index is 0.436. The molecular weight excluding hydrogens is 136 g/mol. The average molecular weight is 146 g/mol. The zero-order valence-electron chi connectivity index (χ0n) is 6.46. The van der Waals surface area contributed by atoms with E-state index < -0.39 is 0 Å². The van der Waals surface area contributed by atoms with Crippen LogP contribution in [0.5, 0.6) is 0 Å². The Bertz CT molecular complexity index is 277. The van der Waals surface area contributed by atoms with Gasteiger partial charge in [0.2, 0.25) is 0 Å². The van der Waals surface area contributed by atoms with E-state index in [2.05, 4.69) is 6.07 Å². The Morgan fingerprint density at radius 3 is 2.73 bits per heavy atom. The molecule has 0 bridgehead atoms. The lowest BCUT2D eigenvalue weighted by Gasteiger charge is -1.99. The first-order chi connectivity index (χ1) is 5.22. The summed E-state index contributed by atoms with van der Waals surface area (Å²) in [6, 6.07) is 7.77. The van der Waals surface area contributed by atoms with Crippen molar-refractivity contribution >= 4 is 5.69 Å². The molecule has 0 radical (unpaired) electrons. The second kappa shape index (κ2) is 3.07. The Morgan fingerprint density at radius 2 is 2.18 bits per heavy atom. The molecule has 1 rings (SSSR count). The SMILES string of the molecule is Cc1cc(N)cc(CC#N)c1. The number of nitrogens with two attached hydrogens (primary N) is 1. The number of aryl methyl sites for hydroxylation is 1. The Morgan fingerprint density at radius 1 is 1.45 bits per heavy atom. The molecule has 1 aromatic carbocycles. The molecule has 0 saturated carbocycles. The summed E-state index contributed by atoms with van der Waals surface area (Å²) in [6.45, 7) is 1.97. The predicted molar refractivity (Wildman–Crippen MR) is 44.9 cm³/mol. The van der Waals surface area contributed by atoms with Gasteiger partial charge in [0, 0.05) is 5.69 Å². The summed E-state index contributed by atoms with van der Waals surface area (Å²) in [4.78, 5) is 0. The third-order valence-corrected chi connectivity index (χ3v) is 1.44. The van der Waals surface area contributed by atoms with Gasteiger partial charge in [0.25, 0.3) is 0 Å². The van der Waals surface area contributed by atoms with Crippen LogP contribution in [0.1, 0.15) is 11.1 Å². The molecule has 1 aromatic rings. The minimum absolute atomic E-state index is 0.436. The van der Waals surface area contributed by atoms with Crippen LogP contribution in [0, 0.1) is 18.3 Å². The van der Waals surface area contributed by atoms with Crippen molar-refractivity contribution in [3.63, 3.8) is 0 Å². The number of benzene rings is 1. The molecule has 0 amide bonds. The van der Waals surface area contributed by atoms with E-state index in [0.29, 0.717) is 6.42 Å². The number of hydrogen-bond acceptors (Lipinski definition) is 2. The smallest absolute Gasteiger partial charge is 0.0669 e. The Balaban J connectivity index is 3.01. The molecule has 0 saturated heterocycles. The summed E-state index contributed by atoms with van der Waals surface area (Å²) < 4.78 is 0. The van der Waals surface area contributed by atoms with Crippen LogP contribution in [0.4, 0.5) is 5.69 Å². The van der Waals surface area contributed by atoms with Gasteiger partial charge in [0.15, 0.2) is 0 Å². The number of nitriles is 1. The number of hydrogen-bond donors (Lipinski definition) is 1.